The van der Waals surface area contributed by atoms with Gasteiger partial charge in [-0.25, -0.2) is 13.1 Å². The number of ether oxygens (including phenoxy) is 1. The second-order valence-electron chi connectivity index (χ2n) is 4.31. The third-order valence-electron chi connectivity index (χ3n) is 2.32. The highest BCUT2D eigenvalue weighted by molar-refractivity contribution is 7.92. The molecule has 0 bridgehead atoms. The zero-order valence-corrected chi connectivity index (χ0v) is 11.9. The summed E-state index contributed by atoms with van der Waals surface area (Å²) in [5, 5.41) is 4.04. The van der Waals surface area contributed by atoms with Gasteiger partial charge >= 0.3 is 0 Å². The number of hydrogen-bond acceptors (Lipinski definition) is 5. The number of anilines is 2. The highest BCUT2D eigenvalue weighted by Gasteiger charge is 2.17. The van der Waals surface area contributed by atoms with Crippen LogP contribution in [0.2, 0.25) is 0 Å². The average molecular weight is 276 g/mol. The van der Waals surface area contributed by atoms with Crippen molar-refractivity contribution in [1.82, 2.24) is 9.78 Å². The predicted molar refractivity (Wildman–Crippen MR) is 70.9 cm³/mol. The van der Waals surface area contributed by atoms with Gasteiger partial charge in [-0.2, -0.15) is 5.10 Å². The summed E-state index contributed by atoms with van der Waals surface area (Å²) in [7, 11) is -1.85. The Labute approximate surface area is 107 Å². The van der Waals surface area contributed by atoms with Gasteiger partial charge in [0.1, 0.15) is 0 Å². The van der Waals surface area contributed by atoms with E-state index in [4.69, 9.17) is 10.5 Å². The van der Waals surface area contributed by atoms with Gasteiger partial charge in [0.15, 0.2) is 5.82 Å². The first kappa shape index (κ1) is 14.8. The average Bonchev–Trinajstić information content (AvgIpc) is 2.44. The quantitative estimate of drug-likeness (QED) is 0.787. The molecule has 0 spiro atoms. The van der Waals surface area contributed by atoms with Crippen LogP contribution in [0.4, 0.5) is 11.5 Å². The number of nitrogens with zero attached hydrogens (tertiary/aromatic N) is 2. The SMILES string of the molecule is Cc1nn(C)c(NS(=O)(=O)CCOC(C)C)c1N. The molecule has 0 atom stereocenters. The highest BCUT2D eigenvalue weighted by Crippen LogP contribution is 2.21. The monoisotopic (exact) mass is 276 g/mol. The molecule has 1 aromatic rings. The van der Waals surface area contributed by atoms with E-state index in [9.17, 15) is 8.42 Å². The summed E-state index contributed by atoms with van der Waals surface area (Å²) in [6, 6.07) is 0. The van der Waals surface area contributed by atoms with E-state index in [0.29, 0.717) is 11.4 Å². The van der Waals surface area contributed by atoms with Crippen molar-refractivity contribution in [1.29, 1.82) is 0 Å². The third kappa shape index (κ3) is 3.88. The van der Waals surface area contributed by atoms with Crippen LogP contribution in [-0.4, -0.2) is 36.7 Å². The van der Waals surface area contributed by atoms with Crippen molar-refractivity contribution in [3.63, 3.8) is 0 Å². The number of nitrogens with one attached hydrogen (secondary N) is 1. The zero-order chi connectivity index (χ0) is 13.9. The summed E-state index contributed by atoms with van der Waals surface area (Å²) >= 11 is 0. The van der Waals surface area contributed by atoms with Gasteiger partial charge in [-0.1, -0.05) is 0 Å². The van der Waals surface area contributed by atoms with Crippen LogP contribution >= 0.6 is 0 Å². The van der Waals surface area contributed by atoms with Crippen LogP contribution in [-0.2, 0) is 21.8 Å². The van der Waals surface area contributed by atoms with Gasteiger partial charge in [0.25, 0.3) is 0 Å². The molecule has 0 amide bonds. The minimum Gasteiger partial charge on any atom is -0.394 e. The van der Waals surface area contributed by atoms with Crippen LogP contribution in [0.3, 0.4) is 0 Å². The number of nitrogens with two attached hydrogens (primary N) is 1. The maximum absolute atomic E-state index is 11.8. The standard InChI is InChI=1S/C10H20N4O3S/c1-7(2)17-5-6-18(15,16)13-10-9(11)8(3)12-14(10)4/h7,13H,5-6,11H2,1-4H3. The highest BCUT2D eigenvalue weighted by atomic mass is 32.2. The Hall–Kier alpha value is -1.28. The minimum atomic E-state index is -3.48. The molecule has 0 unspecified atom stereocenters. The molecular weight excluding hydrogens is 256 g/mol. The number of sulfonamides is 1. The van der Waals surface area contributed by atoms with E-state index < -0.39 is 10.0 Å². The van der Waals surface area contributed by atoms with Gasteiger partial charge < -0.3 is 10.5 Å². The normalized spacial score (nSPS) is 12.1. The lowest BCUT2D eigenvalue weighted by Gasteiger charge is -2.10. The Balaban J connectivity index is 2.71. The number of aryl methyl sites for hydroxylation is 2. The van der Waals surface area contributed by atoms with E-state index in [0.717, 1.165) is 0 Å². The Morgan fingerprint density at radius 1 is 1.50 bits per heavy atom. The number of nitrogen functional groups attached to an aromatic ring is 1. The molecule has 1 rings (SSSR count). The van der Waals surface area contributed by atoms with Crippen LogP contribution in [0.5, 0.6) is 0 Å². The minimum absolute atomic E-state index is 0.00390. The van der Waals surface area contributed by atoms with E-state index in [1.165, 1.54) is 4.68 Å². The second kappa shape index (κ2) is 5.57. The summed E-state index contributed by atoms with van der Waals surface area (Å²) in [4.78, 5) is 0. The summed E-state index contributed by atoms with van der Waals surface area (Å²) in [5.74, 6) is 0.173. The first-order valence-corrected chi connectivity index (χ1v) is 7.29. The maximum atomic E-state index is 11.8. The Morgan fingerprint density at radius 3 is 2.56 bits per heavy atom. The molecule has 0 aliphatic carbocycles. The fourth-order valence-electron chi connectivity index (χ4n) is 1.39. The number of aromatic nitrogens is 2. The fraction of sp³-hybridized carbons (Fsp3) is 0.700. The van der Waals surface area contributed by atoms with E-state index in [1.807, 2.05) is 13.8 Å². The predicted octanol–water partition coefficient (Wildman–Crippen LogP) is 0.477. The van der Waals surface area contributed by atoms with Crippen molar-refractivity contribution in [3.05, 3.63) is 5.69 Å². The topological polar surface area (TPSA) is 99.2 Å². The molecule has 0 aliphatic rings. The summed E-state index contributed by atoms with van der Waals surface area (Å²) in [5.41, 5.74) is 6.68. The smallest absolute Gasteiger partial charge is 0.236 e. The molecule has 0 radical (unpaired) electrons. The molecule has 1 heterocycles. The van der Waals surface area contributed by atoms with Gasteiger partial charge in [-0.05, 0) is 20.8 Å². The first-order valence-electron chi connectivity index (χ1n) is 5.64. The Morgan fingerprint density at radius 2 is 2.11 bits per heavy atom. The van der Waals surface area contributed by atoms with Crippen molar-refractivity contribution in [2.24, 2.45) is 7.05 Å². The van der Waals surface area contributed by atoms with Crippen LogP contribution < -0.4 is 10.5 Å². The molecule has 0 aliphatic heterocycles. The molecule has 0 saturated carbocycles. The van der Waals surface area contributed by atoms with E-state index in [2.05, 4.69) is 9.82 Å². The number of hydrogen-bond donors (Lipinski definition) is 2. The lowest BCUT2D eigenvalue weighted by Crippen LogP contribution is -2.23. The maximum Gasteiger partial charge on any atom is 0.236 e. The zero-order valence-electron chi connectivity index (χ0n) is 11.1. The van der Waals surface area contributed by atoms with Gasteiger partial charge in [-0.3, -0.25) is 4.72 Å². The van der Waals surface area contributed by atoms with E-state index in [-0.39, 0.29) is 24.3 Å². The second-order valence-corrected chi connectivity index (χ2v) is 6.15. The lowest BCUT2D eigenvalue weighted by atomic mass is 10.4. The molecule has 0 fully saturated rings. The van der Waals surface area contributed by atoms with Crippen molar-refractivity contribution in [2.75, 3.05) is 22.8 Å². The molecule has 8 heteroatoms. The van der Waals surface area contributed by atoms with Crippen LogP contribution in [0, 0.1) is 6.92 Å². The lowest BCUT2D eigenvalue weighted by molar-refractivity contribution is 0.0913. The molecular formula is C10H20N4O3S. The van der Waals surface area contributed by atoms with Crippen molar-refractivity contribution in [3.8, 4) is 0 Å². The Bertz CT molecular complexity index is 507. The van der Waals surface area contributed by atoms with Crippen LogP contribution in [0.25, 0.3) is 0 Å². The first-order chi connectivity index (χ1) is 8.23. The molecule has 7 nitrogen and oxygen atoms in total. The summed E-state index contributed by atoms with van der Waals surface area (Å²) in [6.07, 6.45) is 0.00390. The Kier molecular flexibility index (Phi) is 4.58. The molecule has 0 aromatic carbocycles. The largest absolute Gasteiger partial charge is 0.394 e. The van der Waals surface area contributed by atoms with Crippen LogP contribution in [0.15, 0.2) is 0 Å². The molecule has 0 saturated heterocycles. The van der Waals surface area contributed by atoms with Gasteiger partial charge in [-0.15, -0.1) is 0 Å². The molecule has 104 valence electrons. The van der Waals surface area contributed by atoms with Crippen molar-refractivity contribution in [2.45, 2.75) is 26.9 Å². The molecule has 1 aromatic heterocycles. The van der Waals surface area contributed by atoms with Gasteiger partial charge in [0.05, 0.1) is 29.8 Å². The van der Waals surface area contributed by atoms with E-state index >= 15 is 0 Å². The van der Waals surface area contributed by atoms with Gasteiger partial charge in [0.2, 0.25) is 10.0 Å². The molecule has 18 heavy (non-hydrogen) atoms. The number of rotatable bonds is 6. The van der Waals surface area contributed by atoms with Gasteiger partial charge in [0, 0.05) is 7.05 Å². The molecule has 3 N–H and O–H groups in total. The van der Waals surface area contributed by atoms with E-state index in [1.54, 1.807) is 14.0 Å². The van der Waals surface area contributed by atoms with Crippen molar-refractivity contribution >= 4 is 21.5 Å². The van der Waals surface area contributed by atoms with Crippen molar-refractivity contribution < 1.29 is 13.2 Å². The third-order valence-corrected chi connectivity index (χ3v) is 3.53. The fourth-order valence-corrected chi connectivity index (χ4v) is 2.34. The summed E-state index contributed by atoms with van der Waals surface area (Å²) in [6.45, 7) is 5.56. The summed E-state index contributed by atoms with van der Waals surface area (Å²) < 4.78 is 32.6. The van der Waals surface area contributed by atoms with Crippen LogP contribution in [0.1, 0.15) is 19.5 Å².